The number of hydrogen-bond acceptors (Lipinski definition) is 9. The third kappa shape index (κ3) is 9.79. The lowest BCUT2D eigenvalue weighted by molar-refractivity contribution is -0.135. The number of nitrogens with zero attached hydrogens (tertiary/aromatic N) is 4. The van der Waals surface area contributed by atoms with Crippen LogP contribution in [0.3, 0.4) is 0 Å². The quantitative estimate of drug-likeness (QED) is 0.0557. The van der Waals surface area contributed by atoms with Crippen molar-refractivity contribution in [2.24, 2.45) is 17.8 Å². The van der Waals surface area contributed by atoms with E-state index in [2.05, 4.69) is 130 Å². The lowest BCUT2D eigenvalue weighted by Crippen LogP contribution is -2.51. The molecular weight excluding hydrogens is 905 g/mol. The predicted molar refractivity (Wildman–Crippen MR) is 280 cm³/mol. The fourth-order valence-corrected chi connectivity index (χ4v) is 11.5. The second kappa shape index (κ2) is 21.2. The Kier molecular flexibility index (Phi) is 14.4. The van der Waals surface area contributed by atoms with Gasteiger partial charge in [0.15, 0.2) is 0 Å². The summed E-state index contributed by atoms with van der Waals surface area (Å²) >= 11 is 0. The number of nitrogens with one attached hydrogen (secondary N) is 4. The molecule has 7 atom stereocenters. The first-order valence-electron chi connectivity index (χ1n) is 25.8. The van der Waals surface area contributed by atoms with Gasteiger partial charge in [-0.2, -0.15) is 0 Å². The Morgan fingerprint density at radius 1 is 0.806 bits per heavy atom. The number of hydrogen-bond donors (Lipinski definition) is 5. The number of carbonyl (C=O) groups is 2. The number of aliphatic hydroxyl groups excluding tert-OH is 1. The molecule has 5 heterocycles. The van der Waals surface area contributed by atoms with E-state index < -0.39 is 24.5 Å². The first-order chi connectivity index (χ1) is 35.0. The van der Waals surface area contributed by atoms with Crippen LogP contribution in [0.4, 0.5) is 4.79 Å². The van der Waals surface area contributed by atoms with E-state index in [-0.39, 0.29) is 23.9 Å². The maximum Gasteiger partial charge on any atom is 0.407 e. The zero-order chi connectivity index (χ0) is 50.0. The number of benzene rings is 4. The van der Waals surface area contributed by atoms with Crippen molar-refractivity contribution in [2.75, 3.05) is 27.5 Å². The van der Waals surface area contributed by atoms with Crippen LogP contribution in [-0.4, -0.2) is 92.2 Å². The Labute approximate surface area is 421 Å². The van der Waals surface area contributed by atoms with Crippen LogP contribution in [0.15, 0.2) is 109 Å². The molecular formula is C58H68N8O6. The topological polar surface area (TPSA) is 172 Å². The summed E-state index contributed by atoms with van der Waals surface area (Å²) in [5, 5.41) is 18.4. The summed E-state index contributed by atoms with van der Waals surface area (Å²) < 4.78 is 19.5. The molecule has 376 valence electrons. The van der Waals surface area contributed by atoms with Gasteiger partial charge in [-0.05, 0) is 97.7 Å². The van der Waals surface area contributed by atoms with Crippen LogP contribution in [0.1, 0.15) is 108 Å². The molecule has 2 fully saturated rings. The molecule has 7 aromatic rings. The van der Waals surface area contributed by atoms with Crippen molar-refractivity contribution in [2.45, 2.75) is 109 Å². The van der Waals surface area contributed by atoms with Crippen LogP contribution in [-0.2, 0) is 14.3 Å². The molecule has 0 spiro atoms. The molecule has 72 heavy (non-hydrogen) atoms. The van der Waals surface area contributed by atoms with Gasteiger partial charge in [-0.3, -0.25) is 10.1 Å². The number of amides is 2. The number of methoxy groups -OCH3 is 2. The highest BCUT2D eigenvalue weighted by Gasteiger charge is 2.38. The number of aromatic amines is 2. The van der Waals surface area contributed by atoms with E-state index in [4.69, 9.17) is 24.2 Å². The van der Waals surface area contributed by atoms with Crippen LogP contribution in [0, 0.1) is 17.8 Å². The molecule has 1 saturated carbocycles. The zero-order valence-electron chi connectivity index (χ0n) is 42.2. The van der Waals surface area contributed by atoms with Gasteiger partial charge in [0.2, 0.25) is 12.1 Å². The lowest BCUT2D eigenvalue weighted by Gasteiger charge is -2.31. The largest absolute Gasteiger partial charge is 0.465 e. The second-order valence-electron chi connectivity index (χ2n) is 20.6. The van der Waals surface area contributed by atoms with Crippen LogP contribution in [0.5, 0.6) is 5.75 Å². The molecule has 7 unspecified atom stereocenters. The number of rotatable bonds is 17. The number of H-pyrrole nitrogens is 2. The van der Waals surface area contributed by atoms with Gasteiger partial charge in [-0.25, -0.2) is 14.8 Å². The Bertz CT molecular complexity index is 3000. The fraction of sp³-hybridized carbons (Fsp3) is 0.414. The SMILES string of the molecule is COCNC(C(C)C)C(O)CCC1CCCC1c1ncc(-c2ccc3c(c2)cc2n3C(c3ccc(-c4ccccc4)cc3)Oc3cc(-c4cnc(C5CCCN5C(=O)C(NC(=O)OC)C(C)C)[nH]4)ccc3-2)[nH]1. The summed E-state index contributed by atoms with van der Waals surface area (Å²) in [6.07, 6.45) is 8.93. The van der Waals surface area contributed by atoms with Gasteiger partial charge in [-0.15, -0.1) is 0 Å². The number of ether oxygens (including phenoxy) is 3. The minimum Gasteiger partial charge on any atom is -0.465 e. The number of imidazole rings is 2. The average molecular weight is 973 g/mol. The molecule has 2 aliphatic heterocycles. The van der Waals surface area contributed by atoms with E-state index in [1.165, 1.54) is 7.11 Å². The van der Waals surface area contributed by atoms with Crippen molar-refractivity contribution < 1.29 is 28.9 Å². The van der Waals surface area contributed by atoms with Gasteiger partial charge in [0.25, 0.3) is 0 Å². The maximum atomic E-state index is 13.9. The van der Waals surface area contributed by atoms with Gasteiger partial charge >= 0.3 is 6.09 Å². The average Bonchev–Trinajstić information content (AvgIpc) is 4.27. The highest BCUT2D eigenvalue weighted by Crippen LogP contribution is 2.47. The predicted octanol–water partition coefficient (Wildman–Crippen LogP) is 11.0. The summed E-state index contributed by atoms with van der Waals surface area (Å²) in [5.74, 6) is 3.28. The highest BCUT2D eigenvalue weighted by atomic mass is 16.5. The molecule has 14 heteroatoms. The molecule has 4 aromatic carbocycles. The molecule has 3 aromatic heterocycles. The Morgan fingerprint density at radius 2 is 1.51 bits per heavy atom. The van der Waals surface area contributed by atoms with Crippen molar-refractivity contribution in [3.63, 3.8) is 0 Å². The monoisotopic (exact) mass is 973 g/mol. The molecule has 0 bridgehead atoms. The maximum absolute atomic E-state index is 13.9. The van der Waals surface area contributed by atoms with Crippen LogP contribution in [0.25, 0.3) is 55.8 Å². The number of aliphatic hydroxyl groups is 1. The summed E-state index contributed by atoms with van der Waals surface area (Å²) in [4.78, 5) is 45.0. The van der Waals surface area contributed by atoms with E-state index in [9.17, 15) is 14.7 Å². The first kappa shape index (κ1) is 48.9. The standard InChI is InChI=1S/C58H68N8O6/c1-34(2)52(61-33-70-5)50(67)26-23-38-14-10-15-43(38)54-59-31-45(62-54)40-22-25-47-42(28-40)29-49-44-24-21-41(30-51(44)72-57(66(47)49)39-19-17-37(18-20-39)36-12-8-7-9-13-36)46-32-60-55(63-46)48-16-11-27-65(48)56(68)53(35(3)4)64-58(69)71-6/h7-9,12-13,17-22,24-25,28-32,34-35,38,43,48,50,52-53,57,61,67H,10-11,14-16,23,26-27,33H2,1-6H3,(H,59,62)(H,60,63)(H,64,69). The molecule has 14 nitrogen and oxygen atoms in total. The Balaban J connectivity index is 0.938. The van der Waals surface area contributed by atoms with Crippen molar-refractivity contribution in [1.82, 2.24) is 40.0 Å². The van der Waals surface area contributed by atoms with Crippen molar-refractivity contribution in [3.8, 4) is 50.6 Å². The van der Waals surface area contributed by atoms with Crippen molar-refractivity contribution in [3.05, 3.63) is 127 Å². The van der Waals surface area contributed by atoms with E-state index >= 15 is 0 Å². The molecule has 5 N–H and O–H groups in total. The van der Waals surface area contributed by atoms with E-state index in [1.807, 2.05) is 37.2 Å². The van der Waals surface area contributed by atoms with Crippen molar-refractivity contribution >= 4 is 22.9 Å². The first-order valence-corrected chi connectivity index (χ1v) is 25.8. The van der Waals surface area contributed by atoms with E-state index in [0.717, 1.165) is 118 Å². The summed E-state index contributed by atoms with van der Waals surface area (Å²) in [5.41, 5.74) is 10.2. The number of likely N-dealkylation sites (tertiary alicyclic amines) is 1. The number of alkyl carbamates (subject to hydrolysis) is 1. The molecule has 1 aliphatic carbocycles. The van der Waals surface area contributed by atoms with Crippen LogP contribution < -0.4 is 15.4 Å². The molecule has 3 aliphatic rings. The minimum atomic E-state index is -0.714. The fourth-order valence-electron chi connectivity index (χ4n) is 11.5. The smallest absolute Gasteiger partial charge is 0.407 e. The van der Waals surface area contributed by atoms with Gasteiger partial charge in [0, 0.05) is 53.3 Å². The zero-order valence-corrected chi connectivity index (χ0v) is 42.2. The van der Waals surface area contributed by atoms with E-state index in [0.29, 0.717) is 36.9 Å². The Morgan fingerprint density at radius 3 is 2.25 bits per heavy atom. The van der Waals surface area contributed by atoms with E-state index in [1.54, 1.807) is 7.11 Å². The summed E-state index contributed by atoms with van der Waals surface area (Å²) in [6, 6.07) is 33.3. The highest BCUT2D eigenvalue weighted by molar-refractivity contribution is 5.92. The molecule has 1 saturated heterocycles. The minimum absolute atomic E-state index is 0.0167. The number of aromatic nitrogens is 5. The number of carbonyl (C=O) groups excluding carboxylic acids is 2. The van der Waals surface area contributed by atoms with Crippen LogP contribution >= 0.6 is 0 Å². The van der Waals surface area contributed by atoms with Crippen molar-refractivity contribution in [1.29, 1.82) is 0 Å². The molecule has 10 rings (SSSR count). The lowest BCUT2D eigenvalue weighted by atomic mass is 9.87. The summed E-state index contributed by atoms with van der Waals surface area (Å²) in [6.45, 7) is 9.11. The third-order valence-electron chi connectivity index (χ3n) is 15.4. The van der Waals surface area contributed by atoms with Gasteiger partial charge in [0.1, 0.15) is 23.4 Å². The van der Waals surface area contributed by atoms with Gasteiger partial charge < -0.3 is 44.1 Å². The third-order valence-corrected chi connectivity index (χ3v) is 15.4. The normalized spacial score (nSPS) is 19.8. The van der Waals surface area contributed by atoms with Gasteiger partial charge in [-0.1, -0.05) is 101 Å². The second-order valence-corrected chi connectivity index (χ2v) is 20.6. The number of fused-ring (bicyclic) bond motifs is 5. The molecule has 2 amide bonds. The summed E-state index contributed by atoms with van der Waals surface area (Å²) in [7, 11) is 2.97. The molecule has 0 radical (unpaired) electrons. The van der Waals surface area contributed by atoms with Crippen LogP contribution in [0.2, 0.25) is 0 Å². The van der Waals surface area contributed by atoms with Gasteiger partial charge in [0.05, 0.1) is 61.0 Å². The Hall–Kier alpha value is -6.74.